The molecule has 1 amide bonds. The van der Waals surface area contributed by atoms with Crippen LogP contribution < -0.4 is 5.32 Å². The molecule has 1 N–H and O–H groups in total. The van der Waals surface area contributed by atoms with Gasteiger partial charge in [0.2, 0.25) is 5.91 Å². The fraction of sp³-hybridized carbons (Fsp3) is 0.700. The minimum Gasteiger partial charge on any atom is -0.340 e. The molecule has 0 radical (unpaired) electrons. The molecular formula is C10H16ClNO. The summed E-state index contributed by atoms with van der Waals surface area (Å²) in [4.78, 5) is 11.2. The van der Waals surface area contributed by atoms with E-state index in [9.17, 15) is 4.79 Å². The number of carbonyl (C=O) groups is 1. The SMILES string of the molecule is C#CC(C)(C)NC(=O)CCCCCl. The number of amides is 1. The van der Waals surface area contributed by atoms with Crippen LogP contribution >= 0.6 is 11.6 Å². The molecule has 0 unspecified atom stereocenters. The van der Waals surface area contributed by atoms with Crippen LogP contribution in [0.2, 0.25) is 0 Å². The summed E-state index contributed by atoms with van der Waals surface area (Å²) in [5, 5.41) is 2.75. The van der Waals surface area contributed by atoms with Gasteiger partial charge in [-0.2, -0.15) is 0 Å². The average Bonchev–Trinajstić information content (AvgIpc) is 2.04. The maximum Gasteiger partial charge on any atom is 0.221 e. The number of alkyl halides is 1. The Morgan fingerprint density at radius 1 is 1.54 bits per heavy atom. The van der Waals surface area contributed by atoms with Crippen LogP contribution in [-0.4, -0.2) is 17.3 Å². The highest BCUT2D eigenvalue weighted by Gasteiger charge is 2.15. The van der Waals surface area contributed by atoms with Gasteiger partial charge in [-0.05, 0) is 26.7 Å². The van der Waals surface area contributed by atoms with Crippen molar-refractivity contribution < 1.29 is 4.79 Å². The van der Waals surface area contributed by atoms with Gasteiger partial charge in [-0.3, -0.25) is 4.79 Å². The predicted octanol–water partition coefficient (Wildman–Crippen LogP) is 1.92. The summed E-state index contributed by atoms with van der Waals surface area (Å²) in [6.07, 6.45) is 7.40. The second-order valence-corrected chi connectivity index (χ2v) is 3.84. The lowest BCUT2D eigenvalue weighted by Gasteiger charge is -2.19. The number of rotatable bonds is 5. The maximum atomic E-state index is 11.2. The largest absolute Gasteiger partial charge is 0.340 e. The summed E-state index contributed by atoms with van der Waals surface area (Å²) < 4.78 is 0. The van der Waals surface area contributed by atoms with Crippen molar-refractivity contribution in [3.05, 3.63) is 0 Å². The van der Waals surface area contributed by atoms with E-state index in [2.05, 4.69) is 11.2 Å². The average molecular weight is 202 g/mol. The third-order valence-electron chi connectivity index (χ3n) is 1.60. The van der Waals surface area contributed by atoms with Gasteiger partial charge in [0.25, 0.3) is 0 Å². The van der Waals surface area contributed by atoms with E-state index in [1.54, 1.807) is 13.8 Å². The smallest absolute Gasteiger partial charge is 0.221 e. The highest BCUT2D eigenvalue weighted by Crippen LogP contribution is 2.02. The van der Waals surface area contributed by atoms with Gasteiger partial charge in [-0.25, -0.2) is 0 Å². The van der Waals surface area contributed by atoms with Gasteiger partial charge in [-0.1, -0.05) is 5.92 Å². The summed E-state index contributed by atoms with van der Waals surface area (Å²) in [5.74, 6) is 3.10. The van der Waals surface area contributed by atoms with Crippen LogP contribution in [0.1, 0.15) is 33.1 Å². The van der Waals surface area contributed by atoms with Crippen molar-refractivity contribution in [2.45, 2.75) is 38.6 Å². The molecule has 0 saturated heterocycles. The molecule has 0 aliphatic heterocycles. The standard InChI is InChI=1S/C10H16ClNO/c1-4-10(2,3)12-9(13)7-5-6-8-11/h1H,5-8H2,2-3H3,(H,12,13). The van der Waals surface area contributed by atoms with Crippen molar-refractivity contribution >= 4 is 17.5 Å². The van der Waals surface area contributed by atoms with Crippen LogP contribution in [0.4, 0.5) is 0 Å². The van der Waals surface area contributed by atoms with Crippen molar-refractivity contribution in [1.82, 2.24) is 5.32 Å². The number of terminal acetylenes is 1. The Bertz CT molecular complexity index is 205. The zero-order valence-corrected chi connectivity index (χ0v) is 8.95. The molecule has 0 heterocycles. The van der Waals surface area contributed by atoms with Gasteiger partial charge in [-0.15, -0.1) is 18.0 Å². The molecule has 3 heteroatoms. The normalized spacial score (nSPS) is 10.6. The van der Waals surface area contributed by atoms with Crippen LogP contribution in [0.25, 0.3) is 0 Å². The van der Waals surface area contributed by atoms with Gasteiger partial charge in [0, 0.05) is 12.3 Å². The molecule has 0 saturated carbocycles. The van der Waals surface area contributed by atoms with E-state index in [1.165, 1.54) is 0 Å². The monoisotopic (exact) mass is 201 g/mol. The third kappa shape index (κ3) is 6.48. The minimum atomic E-state index is -0.544. The Hall–Kier alpha value is -0.680. The fourth-order valence-electron chi connectivity index (χ4n) is 0.827. The van der Waals surface area contributed by atoms with Gasteiger partial charge < -0.3 is 5.32 Å². The molecule has 0 aromatic heterocycles. The predicted molar refractivity (Wildman–Crippen MR) is 55.6 cm³/mol. The lowest BCUT2D eigenvalue weighted by atomic mass is 10.1. The first-order valence-corrected chi connectivity index (χ1v) is 4.90. The molecule has 0 fully saturated rings. The van der Waals surface area contributed by atoms with E-state index < -0.39 is 5.54 Å². The molecule has 0 spiro atoms. The first kappa shape index (κ1) is 12.3. The number of nitrogens with one attached hydrogen (secondary N) is 1. The molecule has 0 bridgehead atoms. The van der Waals surface area contributed by atoms with E-state index in [0.29, 0.717) is 12.3 Å². The lowest BCUT2D eigenvalue weighted by Crippen LogP contribution is -2.41. The highest BCUT2D eigenvalue weighted by molar-refractivity contribution is 6.17. The van der Waals surface area contributed by atoms with Crippen molar-refractivity contribution in [2.75, 3.05) is 5.88 Å². The van der Waals surface area contributed by atoms with Crippen LogP contribution in [-0.2, 0) is 4.79 Å². The second-order valence-electron chi connectivity index (χ2n) is 3.46. The number of hydrogen-bond acceptors (Lipinski definition) is 1. The van der Waals surface area contributed by atoms with Crippen LogP contribution in [0.5, 0.6) is 0 Å². The Labute approximate surface area is 85.0 Å². The fourth-order valence-corrected chi connectivity index (χ4v) is 1.02. The Kier molecular flexibility index (Phi) is 5.57. The molecule has 0 aromatic rings. The first-order valence-electron chi connectivity index (χ1n) is 4.36. The molecule has 0 atom stereocenters. The van der Waals surface area contributed by atoms with Gasteiger partial charge >= 0.3 is 0 Å². The number of carbonyl (C=O) groups excluding carboxylic acids is 1. The summed E-state index contributed by atoms with van der Waals surface area (Å²) in [6.45, 7) is 3.60. The lowest BCUT2D eigenvalue weighted by molar-refractivity contribution is -0.122. The van der Waals surface area contributed by atoms with Crippen LogP contribution in [0, 0.1) is 12.3 Å². The second kappa shape index (κ2) is 5.88. The minimum absolute atomic E-state index is 0.00642. The Morgan fingerprint density at radius 2 is 2.15 bits per heavy atom. The van der Waals surface area contributed by atoms with Gasteiger partial charge in [0.1, 0.15) is 0 Å². The summed E-state index contributed by atoms with van der Waals surface area (Å²) in [7, 11) is 0. The van der Waals surface area contributed by atoms with Crippen molar-refractivity contribution in [2.24, 2.45) is 0 Å². The quantitative estimate of drug-likeness (QED) is 0.411. The molecule has 0 aromatic carbocycles. The van der Waals surface area contributed by atoms with Gasteiger partial charge in [0.05, 0.1) is 5.54 Å². The Balaban J connectivity index is 3.70. The number of halogens is 1. The third-order valence-corrected chi connectivity index (χ3v) is 1.87. The van der Waals surface area contributed by atoms with E-state index in [1.807, 2.05) is 0 Å². The zero-order chi connectivity index (χ0) is 10.3. The van der Waals surface area contributed by atoms with Gasteiger partial charge in [0.15, 0.2) is 0 Å². The topological polar surface area (TPSA) is 29.1 Å². The number of unbranched alkanes of at least 4 members (excludes halogenated alkanes) is 1. The molecule has 0 aliphatic rings. The van der Waals surface area contributed by atoms with Crippen molar-refractivity contribution in [3.8, 4) is 12.3 Å². The summed E-state index contributed by atoms with van der Waals surface area (Å²) >= 11 is 5.48. The zero-order valence-electron chi connectivity index (χ0n) is 8.19. The van der Waals surface area contributed by atoms with Crippen molar-refractivity contribution in [3.63, 3.8) is 0 Å². The first-order chi connectivity index (χ1) is 6.02. The molecule has 13 heavy (non-hydrogen) atoms. The van der Waals surface area contributed by atoms with E-state index in [4.69, 9.17) is 18.0 Å². The van der Waals surface area contributed by atoms with E-state index in [0.717, 1.165) is 12.8 Å². The summed E-state index contributed by atoms with van der Waals surface area (Å²) in [6, 6.07) is 0. The van der Waals surface area contributed by atoms with E-state index >= 15 is 0 Å². The molecule has 0 aliphatic carbocycles. The molecule has 0 rings (SSSR count). The molecule has 2 nitrogen and oxygen atoms in total. The van der Waals surface area contributed by atoms with E-state index in [-0.39, 0.29) is 5.91 Å². The Morgan fingerprint density at radius 3 is 2.62 bits per heavy atom. The molecular weight excluding hydrogens is 186 g/mol. The highest BCUT2D eigenvalue weighted by atomic mass is 35.5. The summed E-state index contributed by atoms with van der Waals surface area (Å²) in [5.41, 5.74) is -0.544. The molecule has 74 valence electrons. The van der Waals surface area contributed by atoms with Crippen molar-refractivity contribution in [1.29, 1.82) is 0 Å². The van der Waals surface area contributed by atoms with Crippen LogP contribution in [0.15, 0.2) is 0 Å². The number of hydrogen-bond donors (Lipinski definition) is 1. The maximum absolute atomic E-state index is 11.2. The van der Waals surface area contributed by atoms with Crippen LogP contribution in [0.3, 0.4) is 0 Å².